The number of terminal acetylenes is 1. The van der Waals surface area contributed by atoms with E-state index in [2.05, 4.69) is 5.92 Å². The van der Waals surface area contributed by atoms with E-state index in [4.69, 9.17) is 6.42 Å². The van der Waals surface area contributed by atoms with E-state index in [1.54, 1.807) is 0 Å². The Kier molecular flexibility index (Phi) is 4.40. The smallest absolute Gasteiger partial charge is 0.299 e. The average molecular weight is 232 g/mol. The van der Waals surface area contributed by atoms with Crippen molar-refractivity contribution in [2.24, 2.45) is 11.8 Å². The van der Waals surface area contributed by atoms with Gasteiger partial charge in [-0.1, -0.05) is 6.42 Å². The highest BCUT2D eigenvalue weighted by molar-refractivity contribution is 5.81. The van der Waals surface area contributed by atoms with Crippen molar-refractivity contribution in [2.45, 2.75) is 44.7 Å². The van der Waals surface area contributed by atoms with Crippen LogP contribution in [0.2, 0.25) is 0 Å². The fraction of sp³-hybridized carbons (Fsp3) is 0.750. The molecule has 0 aliphatic heterocycles. The van der Waals surface area contributed by atoms with E-state index in [0.29, 0.717) is 19.3 Å². The van der Waals surface area contributed by atoms with E-state index in [-0.39, 0.29) is 25.0 Å². The maximum atomic E-state index is 12.5. The summed E-state index contributed by atoms with van der Waals surface area (Å²) in [4.78, 5) is 11.6. The summed E-state index contributed by atoms with van der Waals surface area (Å²) in [5.41, 5.74) is 0. The van der Waals surface area contributed by atoms with Gasteiger partial charge >= 0.3 is 6.18 Å². The molecule has 0 bridgehead atoms. The molecule has 1 aliphatic rings. The van der Waals surface area contributed by atoms with Crippen LogP contribution in [0, 0.1) is 24.2 Å². The lowest BCUT2D eigenvalue weighted by molar-refractivity contribution is -0.186. The molecule has 0 saturated heterocycles. The maximum absolute atomic E-state index is 12.5. The summed E-state index contributed by atoms with van der Waals surface area (Å²) in [6, 6.07) is 0. The number of alkyl halides is 3. The van der Waals surface area contributed by atoms with Crippen molar-refractivity contribution in [3.05, 3.63) is 0 Å². The first-order valence-corrected chi connectivity index (χ1v) is 5.48. The Labute approximate surface area is 93.4 Å². The van der Waals surface area contributed by atoms with E-state index in [1.165, 1.54) is 0 Å². The van der Waals surface area contributed by atoms with Gasteiger partial charge in [0.05, 0.1) is 5.92 Å². The van der Waals surface area contributed by atoms with Crippen LogP contribution in [-0.4, -0.2) is 12.0 Å². The molecule has 1 nitrogen and oxygen atoms in total. The number of carbonyl (C=O) groups excluding carboxylic acids is 1. The number of rotatable bonds is 3. The molecule has 0 heterocycles. The second kappa shape index (κ2) is 5.38. The molecule has 0 spiro atoms. The van der Waals surface area contributed by atoms with Gasteiger partial charge in [-0.15, -0.1) is 12.3 Å². The summed E-state index contributed by atoms with van der Waals surface area (Å²) < 4.78 is 37.5. The van der Waals surface area contributed by atoms with Gasteiger partial charge < -0.3 is 0 Å². The van der Waals surface area contributed by atoms with Crippen LogP contribution in [-0.2, 0) is 4.79 Å². The molecule has 2 unspecified atom stereocenters. The standard InChI is InChI=1S/C12H15F3O/c1-2-3-7-11(16)9-5-4-6-10(8-9)12(13,14)15/h1,9-10H,3-8H2. The van der Waals surface area contributed by atoms with Crippen molar-refractivity contribution < 1.29 is 18.0 Å². The van der Waals surface area contributed by atoms with Gasteiger partial charge in [0.2, 0.25) is 0 Å². The predicted molar refractivity (Wildman–Crippen MR) is 54.6 cm³/mol. The number of ketones is 1. The van der Waals surface area contributed by atoms with Gasteiger partial charge in [-0.2, -0.15) is 13.2 Å². The third-order valence-electron chi connectivity index (χ3n) is 3.11. The molecular weight excluding hydrogens is 217 g/mol. The predicted octanol–water partition coefficient (Wildman–Crippen LogP) is 3.34. The van der Waals surface area contributed by atoms with Gasteiger partial charge in [0, 0.05) is 18.8 Å². The van der Waals surface area contributed by atoms with Crippen molar-refractivity contribution in [1.29, 1.82) is 0 Å². The van der Waals surface area contributed by atoms with Crippen LogP contribution >= 0.6 is 0 Å². The monoisotopic (exact) mass is 232 g/mol. The molecule has 1 fully saturated rings. The summed E-state index contributed by atoms with van der Waals surface area (Å²) in [5.74, 6) is 0.490. The molecule has 0 aromatic rings. The minimum Gasteiger partial charge on any atom is -0.299 e. The molecule has 90 valence electrons. The summed E-state index contributed by atoms with van der Waals surface area (Å²) >= 11 is 0. The van der Waals surface area contributed by atoms with Gasteiger partial charge in [-0.25, -0.2) is 0 Å². The molecule has 1 aliphatic carbocycles. The van der Waals surface area contributed by atoms with E-state index < -0.39 is 18.0 Å². The molecule has 0 aromatic heterocycles. The second-order valence-electron chi connectivity index (χ2n) is 4.27. The Morgan fingerprint density at radius 3 is 2.62 bits per heavy atom. The van der Waals surface area contributed by atoms with Crippen molar-refractivity contribution in [2.75, 3.05) is 0 Å². The highest BCUT2D eigenvalue weighted by Crippen LogP contribution is 2.40. The van der Waals surface area contributed by atoms with Crippen LogP contribution in [0.15, 0.2) is 0 Å². The Bertz CT molecular complexity index is 288. The summed E-state index contributed by atoms with van der Waals surface area (Å²) in [6.45, 7) is 0. The van der Waals surface area contributed by atoms with Crippen molar-refractivity contribution in [1.82, 2.24) is 0 Å². The lowest BCUT2D eigenvalue weighted by atomic mass is 9.78. The molecule has 0 radical (unpaired) electrons. The first kappa shape index (κ1) is 13.1. The zero-order valence-corrected chi connectivity index (χ0v) is 9.02. The number of carbonyl (C=O) groups is 1. The minimum absolute atomic E-state index is 0.0487. The zero-order chi connectivity index (χ0) is 12.2. The first-order chi connectivity index (χ1) is 7.45. The normalized spacial score (nSPS) is 26.1. The average Bonchev–Trinajstić information content (AvgIpc) is 2.25. The van der Waals surface area contributed by atoms with Gasteiger partial charge in [0.15, 0.2) is 0 Å². The Hall–Kier alpha value is -0.980. The van der Waals surface area contributed by atoms with Crippen LogP contribution in [0.3, 0.4) is 0 Å². The largest absolute Gasteiger partial charge is 0.391 e. The second-order valence-corrected chi connectivity index (χ2v) is 4.27. The molecule has 0 aromatic carbocycles. The maximum Gasteiger partial charge on any atom is 0.391 e. The van der Waals surface area contributed by atoms with Crippen LogP contribution in [0.1, 0.15) is 38.5 Å². The van der Waals surface area contributed by atoms with Crippen molar-refractivity contribution in [3.63, 3.8) is 0 Å². The quantitative estimate of drug-likeness (QED) is 0.682. The van der Waals surface area contributed by atoms with Crippen LogP contribution < -0.4 is 0 Å². The van der Waals surface area contributed by atoms with E-state index >= 15 is 0 Å². The molecule has 4 heteroatoms. The summed E-state index contributed by atoms with van der Waals surface area (Å²) in [5, 5.41) is 0. The lowest BCUT2D eigenvalue weighted by Gasteiger charge is -2.29. The molecular formula is C12H15F3O. The SMILES string of the molecule is C#CCCC(=O)C1CCCC(C(F)(F)F)C1. The molecule has 0 N–H and O–H groups in total. The summed E-state index contributed by atoms with van der Waals surface area (Å²) in [7, 11) is 0. The molecule has 0 amide bonds. The molecule has 1 saturated carbocycles. The van der Waals surface area contributed by atoms with Crippen LogP contribution in [0.25, 0.3) is 0 Å². The van der Waals surface area contributed by atoms with Crippen molar-refractivity contribution >= 4 is 5.78 Å². The summed E-state index contributed by atoms with van der Waals surface area (Å²) in [6.07, 6.45) is 2.57. The highest BCUT2D eigenvalue weighted by atomic mass is 19.4. The lowest BCUT2D eigenvalue weighted by Crippen LogP contribution is -2.31. The molecule has 16 heavy (non-hydrogen) atoms. The number of Topliss-reactive ketones (excluding diaryl/α,β-unsaturated/α-hetero) is 1. The number of halogens is 3. The number of hydrogen-bond donors (Lipinski definition) is 0. The van der Waals surface area contributed by atoms with Crippen molar-refractivity contribution in [3.8, 4) is 12.3 Å². The molecule has 2 atom stereocenters. The number of hydrogen-bond acceptors (Lipinski definition) is 1. The Morgan fingerprint density at radius 1 is 1.38 bits per heavy atom. The van der Waals surface area contributed by atoms with Crippen LogP contribution in [0.5, 0.6) is 0 Å². The third-order valence-corrected chi connectivity index (χ3v) is 3.11. The van der Waals surface area contributed by atoms with Gasteiger partial charge in [0.25, 0.3) is 0 Å². The molecule has 1 rings (SSSR count). The van der Waals surface area contributed by atoms with Crippen LogP contribution in [0.4, 0.5) is 13.2 Å². The van der Waals surface area contributed by atoms with E-state index in [9.17, 15) is 18.0 Å². The Balaban J connectivity index is 2.51. The van der Waals surface area contributed by atoms with Gasteiger partial charge in [-0.3, -0.25) is 4.79 Å². The third kappa shape index (κ3) is 3.55. The Morgan fingerprint density at radius 2 is 2.06 bits per heavy atom. The fourth-order valence-corrected chi connectivity index (χ4v) is 2.18. The first-order valence-electron chi connectivity index (χ1n) is 5.48. The zero-order valence-electron chi connectivity index (χ0n) is 9.02. The van der Waals surface area contributed by atoms with Gasteiger partial charge in [0.1, 0.15) is 5.78 Å². The topological polar surface area (TPSA) is 17.1 Å². The fourth-order valence-electron chi connectivity index (χ4n) is 2.18. The highest BCUT2D eigenvalue weighted by Gasteiger charge is 2.43. The minimum atomic E-state index is -4.16. The van der Waals surface area contributed by atoms with E-state index in [0.717, 1.165) is 0 Å². The van der Waals surface area contributed by atoms with Gasteiger partial charge in [-0.05, 0) is 19.3 Å². The van der Waals surface area contributed by atoms with E-state index in [1.807, 2.05) is 0 Å².